The van der Waals surface area contributed by atoms with E-state index >= 15 is 0 Å². The quantitative estimate of drug-likeness (QED) is 0.379. The van der Waals surface area contributed by atoms with Crippen LogP contribution in [0.3, 0.4) is 0 Å². The highest BCUT2D eigenvalue weighted by atomic mass is 32.1. The van der Waals surface area contributed by atoms with Crippen molar-refractivity contribution in [1.82, 2.24) is 9.97 Å². The molecule has 0 bridgehead atoms. The Kier molecular flexibility index (Phi) is 6.50. The molecule has 0 atom stereocenters. The van der Waals surface area contributed by atoms with Crippen LogP contribution in [-0.4, -0.2) is 42.7 Å². The molecule has 0 amide bonds. The lowest BCUT2D eigenvalue weighted by molar-refractivity contribution is 0.0599. The van der Waals surface area contributed by atoms with Gasteiger partial charge in [0.25, 0.3) is 0 Å². The lowest BCUT2D eigenvalue weighted by atomic mass is 10.1. The van der Waals surface area contributed by atoms with E-state index in [1.165, 1.54) is 38.0 Å². The number of benzene rings is 2. The SMILES string of the molecule is CCOc1ccc(-c2csc3ncnc(Nc4cc(C(=O)OC)cc(C(=O)OC)c4)c23)cc1. The van der Waals surface area contributed by atoms with Crippen LogP contribution in [0.5, 0.6) is 5.75 Å². The molecule has 33 heavy (non-hydrogen) atoms. The molecule has 9 heteroatoms. The Balaban J connectivity index is 1.77. The first kappa shape index (κ1) is 22.2. The third-order valence-corrected chi connectivity index (χ3v) is 5.77. The Bertz CT molecular complexity index is 1280. The fourth-order valence-corrected chi connectivity index (χ4v) is 4.30. The number of thiophene rings is 1. The van der Waals surface area contributed by atoms with Crippen LogP contribution < -0.4 is 10.1 Å². The molecule has 0 fully saturated rings. The number of esters is 2. The second-order valence-electron chi connectivity index (χ2n) is 6.92. The van der Waals surface area contributed by atoms with Crippen LogP contribution in [0.1, 0.15) is 27.6 Å². The maximum absolute atomic E-state index is 12.1. The molecule has 8 nitrogen and oxygen atoms in total. The lowest BCUT2D eigenvalue weighted by Crippen LogP contribution is -2.08. The van der Waals surface area contributed by atoms with E-state index in [2.05, 4.69) is 15.3 Å². The van der Waals surface area contributed by atoms with Crippen molar-refractivity contribution in [3.8, 4) is 16.9 Å². The summed E-state index contributed by atoms with van der Waals surface area (Å²) < 4.78 is 15.2. The highest BCUT2D eigenvalue weighted by molar-refractivity contribution is 7.17. The van der Waals surface area contributed by atoms with Gasteiger partial charge in [-0.05, 0) is 42.8 Å². The normalized spacial score (nSPS) is 10.6. The second kappa shape index (κ2) is 9.66. The van der Waals surface area contributed by atoms with Gasteiger partial charge in [0.05, 0.1) is 37.3 Å². The average Bonchev–Trinajstić information content (AvgIpc) is 3.29. The van der Waals surface area contributed by atoms with Gasteiger partial charge in [0, 0.05) is 16.6 Å². The number of fused-ring (bicyclic) bond motifs is 1. The maximum Gasteiger partial charge on any atom is 0.337 e. The predicted molar refractivity (Wildman–Crippen MR) is 126 cm³/mol. The molecule has 0 saturated heterocycles. The summed E-state index contributed by atoms with van der Waals surface area (Å²) in [7, 11) is 2.56. The third kappa shape index (κ3) is 4.63. The zero-order valence-corrected chi connectivity index (χ0v) is 19.1. The molecular formula is C24H21N3O5S. The molecule has 0 spiro atoms. The molecule has 0 aliphatic rings. The van der Waals surface area contributed by atoms with E-state index in [9.17, 15) is 9.59 Å². The number of carbonyl (C=O) groups excluding carboxylic acids is 2. The molecule has 4 rings (SSSR count). The molecule has 2 heterocycles. The Morgan fingerprint density at radius 1 is 0.970 bits per heavy atom. The summed E-state index contributed by atoms with van der Waals surface area (Å²) in [6, 6.07) is 12.4. The minimum Gasteiger partial charge on any atom is -0.494 e. The van der Waals surface area contributed by atoms with Crippen molar-refractivity contribution in [3.05, 3.63) is 65.3 Å². The van der Waals surface area contributed by atoms with Crippen molar-refractivity contribution in [2.45, 2.75) is 6.92 Å². The molecule has 4 aromatic rings. The summed E-state index contributed by atoms with van der Waals surface area (Å²) in [6.45, 7) is 2.54. The molecule has 0 saturated carbocycles. The Labute approximate surface area is 194 Å². The van der Waals surface area contributed by atoms with Crippen LogP contribution in [0.25, 0.3) is 21.3 Å². The number of nitrogens with zero attached hydrogens (tertiary/aromatic N) is 2. The van der Waals surface area contributed by atoms with Crippen LogP contribution in [0.15, 0.2) is 54.2 Å². The Morgan fingerprint density at radius 2 is 1.64 bits per heavy atom. The summed E-state index contributed by atoms with van der Waals surface area (Å²) in [4.78, 5) is 33.9. The van der Waals surface area contributed by atoms with Crippen LogP contribution in [0.2, 0.25) is 0 Å². The highest BCUT2D eigenvalue weighted by Gasteiger charge is 2.17. The van der Waals surface area contributed by atoms with Crippen molar-refractivity contribution >= 4 is 45.0 Å². The minimum absolute atomic E-state index is 0.213. The van der Waals surface area contributed by atoms with E-state index in [0.29, 0.717) is 18.1 Å². The predicted octanol–water partition coefficient (Wildman–Crippen LogP) is 5.07. The fourth-order valence-electron chi connectivity index (χ4n) is 3.39. The maximum atomic E-state index is 12.1. The van der Waals surface area contributed by atoms with Crippen molar-refractivity contribution < 1.29 is 23.8 Å². The van der Waals surface area contributed by atoms with Gasteiger partial charge in [-0.15, -0.1) is 11.3 Å². The Morgan fingerprint density at radius 3 is 2.24 bits per heavy atom. The molecule has 168 valence electrons. The first-order chi connectivity index (χ1) is 16.0. The van der Waals surface area contributed by atoms with Crippen molar-refractivity contribution in [3.63, 3.8) is 0 Å². The minimum atomic E-state index is -0.567. The first-order valence-corrected chi connectivity index (χ1v) is 11.0. The number of methoxy groups -OCH3 is 2. The number of anilines is 2. The summed E-state index contributed by atoms with van der Waals surface area (Å²) >= 11 is 1.50. The number of hydrogen-bond acceptors (Lipinski definition) is 9. The van der Waals surface area contributed by atoms with Crippen molar-refractivity contribution in [2.75, 3.05) is 26.1 Å². The largest absolute Gasteiger partial charge is 0.494 e. The molecule has 2 aromatic carbocycles. The molecular weight excluding hydrogens is 442 g/mol. The van der Waals surface area contributed by atoms with E-state index in [1.807, 2.05) is 36.6 Å². The lowest BCUT2D eigenvalue weighted by Gasteiger charge is -2.11. The first-order valence-electron chi connectivity index (χ1n) is 10.1. The summed E-state index contributed by atoms with van der Waals surface area (Å²) in [5.41, 5.74) is 2.86. The van der Waals surface area contributed by atoms with E-state index in [-0.39, 0.29) is 11.1 Å². The smallest absolute Gasteiger partial charge is 0.337 e. The van der Waals surface area contributed by atoms with Gasteiger partial charge in [0.15, 0.2) is 0 Å². The topological polar surface area (TPSA) is 99.6 Å². The number of carbonyl (C=O) groups is 2. The Hall–Kier alpha value is -3.98. The van der Waals surface area contributed by atoms with Crippen LogP contribution in [0, 0.1) is 0 Å². The van der Waals surface area contributed by atoms with Gasteiger partial charge in [-0.1, -0.05) is 12.1 Å². The number of hydrogen-bond donors (Lipinski definition) is 1. The average molecular weight is 464 g/mol. The van der Waals surface area contributed by atoms with Gasteiger partial charge in [-0.3, -0.25) is 0 Å². The molecule has 0 unspecified atom stereocenters. The van der Waals surface area contributed by atoms with E-state index in [1.54, 1.807) is 12.1 Å². The highest BCUT2D eigenvalue weighted by Crippen LogP contribution is 2.38. The van der Waals surface area contributed by atoms with Crippen LogP contribution >= 0.6 is 11.3 Å². The van der Waals surface area contributed by atoms with E-state index < -0.39 is 11.9 Å². The zero-order valence-electron chi connectivity index (χ0n) is 18.2. The standard InChI is InChI=1S/C24H21N3O5S/c1-4-32-18-7-5-14(6-8-18)19-12-33-22-20(19)21(25-13-26-22)27-17-10-15(23(28)30-2)9-16(11-17)24(29)31-3/h5-13H,4H2,1-3H3,(H,25,26,27). The molecule has 0 aliphatic carbocycles. The van der Waals surface area contributed by atoms with Crippen molar-refractivity contribution in [1.29, 1.82) is 0 Å². The monoisotopic (exact) mass is 463 g/mol. The van der Waals surface area contributed by atoms with Crippen molar-refractivity contribution in [2.24, 2.45) is 0 Å². The number of aromatic nitrogens is 2. The summed E-state index contributed by atoms with van der Waals surface area (Å²) in [6.07, 6.45) is 1.47. The second-order valence-corrected chi connectivity index (χ2v) is 7.77. The third-order valence-electron chi connectivity index (χ3n) is 4.88. The molecule has 2 aromatic heterocycles. The molecule has 0 aliphatic heterocycles. The number of ether oxygens (including phenoxy) is 3. The summed E-state index contributed by atoms with van der Waals surface area (Å²) in [5.74, 6) is 0.206. The molecule has 0 radical (unpaired) electrons. The van der Waals surface area contributed by atoms with Gasteiger partial charge in [-0.2, -0.15) is 0 Å². The van der Waals surface area contributed by atoms with Gasteiger partial charge in [0.2, 0.25) is 0 Å². The van der Waals surface area contributed by atoms with Gasteiger partial charge < -0.3 is 19.5 Å². The van der Waals surface area contributed by atoms with E-state index in [0.717, 1.165) is 27.1 Å². The van der Waals surface area contributed by atoms with Crippen LogP contribution in [-0.2, 0) is 9.47 Å². The fraction of sp³-hybridized carbons (Fsp3) is 0.167. The van der Waals surface area contributed by atoms with Crippen LogP contribution in [0.4, 0.5) is 11.5 Å². The molecule has 1 N–H and O–H groups in total. The van der Waals surface area contributed by atoms with E-state index in [4.69, 9.17) is 14.2 Å². The number of rotatable bonds is 7. The van der Waals surface area contributed by atoms with Gasteiger partial charge in [-0.25, -0.2) is 19.6 Å². The number of nitrogens with one attached hydrogen (secondary N) is 1. The summed E-state index contributed by atoms with van der Waals surface area (Å²) in [5, 5.41) is 6.08. The van der Waals surface area contributed by atoms with Gasteiger partial charge in [0.1, 0.15) is 22.7 Å². The zero-order chi connectivity index (χ0) is 23.4. The van der Waals surface area contributed by atoms with Gasteiger partial charge >= 0.3 is 11.9 Å².